The van der Waals surface area contributed by atoms with Crippen LogP contribution in [0.1, 0.15) is 0 Å². The first kappa shape index (κ1) is 18.4. The molecular weight excluding hydrogens is 372 g/mol. The highest BCUT2D eigenvalue weighted by Crippen LogP contribution is 2.26. The Labute approximate surface area is 167 Å². The predicted molar refractivity (Wildman–Crippen MR) is 109 cm³/mol. The SMILES string of the molecule is Nc1cc(Nc2cnccn2)nc(-c2cncc(N3CCN(C(=O)O)CC3)c2)c1. The van der Waals surface area contributed by atoms with Crippen molar-refractivity contribution in [1.29, 1.82) is 0 Å². The third-order valence-corrected chi connectivity index (χ3v) is 4.60. The first-order valence-corrected chi connectivity index (χ1v) is 9.07. The van der Waals surface area contributed by atoms with E-state index in [2.05, 4.69) is 30.2 Å². The Kier molecular flexibility index (Phi) is 5.06. The number of hydrogen-bond acceptors (Lipinski definition) is 8. The summed E-state index contributed by atoms with van der Waals surface area (Å²) >= 11 is 0. The van der Waals surface area contributed by atoms with Gasteiger partial charge in [0.25, 0.3) is 0 Å². The fourth-order valence-corrected chi connectivity index (χ4v) is 3.16. The van der Waals surface area contributed by atoms with Gasteiger partial charge >= 0.3 is 6.09 Å². The number of piperazine rings is 1. The van der Waals surface area contributed by atoms with Crippen LogP contribution in [0.5, 0.6) is 0 Å². The Morgan fingerprint density at radius 1 is 1.00 bits per heavy atom. The molecule has 0 bridgehead atoms. The van der Waals surface area contributed by atoms with Crippen LogP contribution in [0.4, 0.5) is 27.8 Å². The fourth-order valence-electron chi connectivity index (χ4n) is 3.16. The third kappa shape index (κ3) is 4.32. The number of nitrogens with two attached hydrogens (primary N) is 1. The number of aromatic nitrogens is 4. The standard InChI is InChI=1S/C19H20N8O2/c20-14-8-16(24-17(9-14)25-18-12-21-1-2-23-18)13-7-15(11-22-10-13)26-3-5-27(6-4-26)19(28)29/h1-2,7-12H,3-6H2,(H,28,29)(H3,20,23,24,25). The summed E-state index contributed by atoms with van der Waals surface area (Å²) in [7, 11) is 0. The highest BCUT2D eigenvalue weighted by atomic mass is 16.4. The van der Waals surface area contributed by atoms with Crippen molar-refractivity contribution in [3.8, 4) is 11.3 Å². The quantitative estimate of drug-likeness (QED) is 0.610. The summed E-state index contributed by atoms with van der Waals surface area (Å²) in [4.78, 5) is 31.8. The van der Waals surface area contributed by atoms with E-state index in [0.29, 0.717) is 49.2 Å². The number of rotatable bonds is 4. The second-order valence-electron chi connectivity index (χ2n) is 6.58. The van der Waals surface area contributed by atoms with Gasteiger partial charge in [0.05, 0.1) is 23.8 Å². The van der Waals surface area contributed by atoms with E-state index in [0.717, 1.165) is 11.3 Å². The van der Waals surface area contributed by atoms with Crippen LogP contribution in [-0.4, -0.2) is 62.2 Å². The molecule has 1 amide bonds. The first-order chi connectivity index (χ1) is 14.1. The van der Waals surface area contributed by atoms with Crippen molar-refractivity contribution in [1.82, 2.24) is 24.8 Å². The molecule has 148 valence electrons. The molecule has 4 rings (SSSR count). The number of anilines is 4. The summed E-state index contributed by atoms with van der Waals surface area (Å²) in [6.07, 6.45) is 7.40. The topological polar surface area (TPSA) is 133 Å². The van der Waals surface area contributed by atoms with Gasteiger partial charge in [-0.25, -0.2) is 14.8 Å². The number of pyridine rings is 2. The van der Waals surface area contributed by atoms with Crippen LogP contribution in [0.15, 0.2) is 49.2 Å². The molecule has 10 heteroatoms. The Bertz CT molecular complexity index is 1010. The van der Waals surface area contributed by atoms with Crippen molar-refractivity contribution in [2.75, 3.05) is 42.1 Å². The largest absolute Gasteiger partial charge is 0.465 e. The van der Waals surface area contributed by atoms with Gasteiger partial charge in [-0.3, -0.25) is 9.97 Å². The molecule has 0 unspecified atom stereocenters. The van der Waals surface area contributed by atoms with Gasteiger partial charge in [0.2, 0.25) is 0 Å². The molecule has 0 radical (unpaired) electrons. The lowest BCUT2D eigenvalue weighted by molar-refractivity contribution is 0.142. The van der Waals surface area contributed by atoms with Gasteiger partial charge in [0, 0.05) is 62.1 Å². The summed E-state index contributed by atoms with van der Waals surface area (Å²) in [5.41, 5.74) is 9.03. The predicted octanol–water partition coefficient (Wildman–Crippen LogP) is 2.06. The van der Waals surface area contributed by atoms with E-state index < -0.39 is 6.09 Å². The average Bonchev–Trinajstić information content (AvgIpc) is 2.74. The number of nitrogens with one attached hydrogen (secondary N) is 1. The molecule has 1 saturated heterocycles. The fraction of sp³-hybridized carbons (Fsp3) is 0.211. The monoisotopic (exact) mass is 392 g/mol. The minimum Gasteiger partial charge on any atom is -0.465 e. The summed E-state index contributed by atoms with van der Waals surface area (Å²) in [5, 5.41) is 12.2. The van der Waals surface area contributed by atoms with E-state index in [4.69, 9.17) is 10.8 Å². The van der Waals surface area contributed by atoms with Crippen molar-refractivity contribution in [2.45, 2.75) is 0 Å². The number of carbonyl (C=O) groups is 1. The molecule has 1 fully saturated rings. The molecule has 0 spiro atoms. The van der Waals surface area contributed by atoms with E-state index >= 15 is 0 Å². The molecule has 29 heavy (non-hydrogen) atoms. The molecule has 3 aromatic heterocycles. The number of nitrogen functional groups attached to an aromatic ring is 1. The Morgan fingerprint density at radius 2 is 1.83 bits per heavy atom. The normalized spacial score (nSPS) is 13.9. The summed E-state index contributed by atoms with van der Waals surface area (Å²) in [6.45, 7) is 2.15. The molecule has 0 atom stereocenters. The lowest BCUT2D eigenvalue weighted by Gasteiger charge is -2.34. The lowest BCUT2D eigenvalue weighted by Crippen LogP contribution is -2.48. The van der Waals surface area contributed by atoms with E-state index in [9.17, 15) is 4.79 Å². The van der Waals surface area contributed by atoms with Gasteiger partial charge in [-0.15, -0.1) is 0 Å². The van der Waals surface area contributed by atoms with Crippen LogP contribution in [0.3, 0.4) is 0 Å². The van der Waals surface area contributed by atoms with Crippen LogP contribution in [0.2, 0.25) is 0 Å². The molecule has 3 aromatic rings. The maximum Gasteiger partial charge on any atom is 0.407 e. The zero-order valence-electron chi connectivity index (χ0n) is 15.6. The van der Waals surface area contributed by atoms with Gasteiger partial charge in [0.15, 0.2) is 0 Å². The van der Waals surface area contributed by atoms with Gasteiger partial charge in [-0.2, -0.15) is 0 Å². The zero-order valence-corrected chi connectivity index (χ0v) is 15.6. The van der Waals surface area contributed by atoms with Crippen LogP contribution >= 0.6 is 0 Å². The zero-order chi connectivity index (χ0) is 20.2. The van der Waals surface area contributed by atoms with Crippen molar-refractivity contribution in [3.63, 3.8) is 0 Å². The molecular formula is C19H20N8O2. The number of carboxylic acid groups (broad SMARTS) is 1. The van der Waals surface area contributed by atoms with Gasteiger partial charge < -0.3 is 26.0 Å². The van der Waals surface area contributed by atoms with Crippen molar-refractivity contribution in [2.24, 2.45) is 0 Å². The Balaban J connectivity index is 1.56. The third-order valence-electron chi connectivity index (χ3n) is 4.60. The molecule has 10 nitrogen and oxygen atoms in total. The van der Waals surface area contributed by atoms with Crippen molar-refractivity contribution < 1.29 is 9.90 Å². The number of hydrogen-bond donors (Lipinski definition) is 3. The van der Waals surface area contributed by atoms with Crippen LogP contribution in [0.25, 0.3) is 11.3 Å². The molecule has 1 aliphatic heterocycles. The first-order valence-electron chi connectivity index (χ1n) is 9.07. The Morgan fingerprint density at radius 3 is 2.55 bits per heavy atom. The van der Waals surface area contributed by atoms with Crippen molar-refractivity contribution >= 4 is 29.1 Å². The summed E-state index contributed by atoms with van der Waals surface area (Å²) in [5.74, 6) is 1.13. The highest BCUT2D eigenvalue weighted by molar-refractivity contribution is 5.71. The van der Waals surface area contributed by atoms with Crippen LogP contribution in [-0.2, 0) is 0 Å². The highest BCUT2D eigenvalue weighted by Gasteiger charge is 2.21. The second kappa shape index (κ2) is 7.97. The van der Waals surface area contributed by atoms with Crippen LogP contribution in [0, 0.1) is 0 Å². The average molecular weight is 392 g/mol. The van der Waals surface area contributed by atoms with Gasteiger partial charge in [0.1, 0.15) is 11.6 Å². The van der Waals surface area contributed by atoms with Gasteiger partial charge in [-0.05, 0) is 12.1 Å². The van der Waals surface area contributed by atoms with E-state index in [1.165, 1.54) is 4.90 Å². The molecule has 0 saturated carbocycles. The van der Waals surface area contributed by atoms with E-state index in [1.807, 2.05) is 6.07 Å². The van der Waals surface area contributed by atoms with Gasteiger partial charge in [-0.1, -0.05) is 0 Å². The van der Waals surface area contributed by atoms with Crippen molar-refractivity contribution in [3.05, 3.63) is 49.2 Å². The molecule has 4 heterocycles. The number of nitrogens with zero attached hydrogens (tertiary/aromatic N) is 6. The number of amides is 1. The maximum atomic E-state index is 11.1. The molecule has 0 aromatic carbocycles. The van der Waals surface area contributed by atoms with E-state index in [1.54, 1.807) is 43.1 Å². The minimum atomic E-state index is -0.886. The molecule has 4 N–H and O–H groups in total. The minimum absolute atomic E-state index is 0.461. The maximum absolute atomic E-state index is 11.1. The summed E-state index contributed by atoms with van der Waals surface area (Å²) in [6, 6.07) is 5.49. The lowest BCUT2D eigenvalue weighted by atomic mass is 10.1. The molecule has 0 aliphatic carbocycles. The molecule has 1 aliphatic rings. The second-order valence-corrected chi connectivity index (χ2v) is 6.58. The van der Waals surface area contributed by atoms with Crippen LogP contribution < -0.4 is 16.0 Å². The van der Waals surface area contributed by atoms with E-state index in [-0.39, 0.29) is 0 Å². The Hall–Kier alpha value is -3.95. The summed E-state index contributed by atoms with van der Waals surface area (Å²) < 4.78 is 0. The smallest absolute Gasteiger partial charge is 0.407 e.